The molecule has 0 aliphatic heterocycles. The Hall–Kier alpha value is -1.26. The third kappa shape index (κ3) is 2.94. The van der Waals surface area contributed by atoms with E-state index in [1.165, 1.54) is 0 Å². The Morgan fingerprint density at radius 3 is 2.72 bits per heavy atom. The van der Waals surface area contributed by atoms with Crippen LogP contribution in [-0.4, -0.2) is 12.9 Å². The van der Waals surface area contributed by atoms with Gasteiger partial charge in [-0.1, -0.05) is 6.07 Å². The third-order valence-electron chi connectivity index (χ3n) is 2.43. The van der Waals surface area contributed by atoms with Crippen molar-refractivity contribution in [3.8, 4) is 5.75 Å². The van der Waals surface area contributed by atoms with Crippen molar-refractivity contribution in [2.75, 3.05) is 7.11 Å². The molecule has 94 valence electrons. The summed E-state index contributed by atoms with van der Waals surface area (Å²) in [6.07, 6.45) is 0.256. The Balaban J connectivity index is 2.14. The highest BCUT2D eigenvalue weighted by Gasteiger charge is 2.12. The molecule has 0 spiro atoms. The van der Waals surface area contributed by atoms with Gasteiger partial charge in [0.25, 0.3) is 0 Å². The van der Waals surface area contributed by atoms with Gasteiger partial charge < -0.3 is 9.15 Å². The molecule has 0 radical (unpaired) electrons. The fraction of sp³-hybridized carbons (Fsp3) is 0.154. The highest BCUT2D eigenvalue weighted by molar-refractivity contribution is 9.10. The molecule has 0 N–H and O–H groups in total. The summed E-state index contributed by atoms with van der Waals surface area (Å²) in [5.74, 6) is 0.887. The Labute approximate surface area is 118 Å². The van der Waals surface area contributed by atoms with Crippen molar-refractivity contribution in [1.82, 2.24) is 0 Å². The predicted octanol–water partition coefficient (Wildman–Crippen LogP) is 4.13. The van der Waals surface area contributed by atoms with Crippen LogP contribution < -0.4 is 4.74 Å². The van der Waals surface area contributed by atoms with E-state index >= 15 is 0 Å². The van der Waals surface area contributed by atoms with Crippen LogP contribution in [0.3, 0.4) is 0 Å². The summed E-state index contributed by atoms with van der Waals surface area (Å²) < 4.78 is 11.0. The van der Waals surface area contributed by atoms with Crippen molar-refractivity contribution in [1.29, 1.82) is 0 Å². The number of benzene rings is 1. The molecule has 0 aliphatic carbocycles. The van der Waals surface area contributed by atoms with Crippen LogP contribution in [0, 0.1) is 0 Å². The summed E-state index contributed by atoms with van der Waals surface area (Å²) in [4.78, 5) is 11.9. The number of hydrogen-bond acceptors (Lipinski definition) is 3. The first-order chi connectivity index (χ1) is 8.60. The maximum atomic E-state index is 11.9. The van der Waals surface area contributed by atoms with E-state index in [0.29, 0.717) is 0 Å². The lowest BCUT2D eigenvalue weighted by molar-refractivity contribution is 0.0966. The van der Waals surface area contributed by atoms with Crippen LogP contribution in [-0.2, 0) is 6.42 Å². The maximum Gasteiger partial charge on any atom is 0.202 e. The highest BCUT2D eigenvalue weighted by Crippen LogP contribution is 2.26. The zero-order valence-electron chi connectivity index (χ0n) is 9.57. The molecular formula is C13H10BrClO3. The van der Waals surface area contributed by atoms with E-state index in [9.17, 15) is 4.79 Å². The van der Waals surface area contributed by atoms with Crippen molar-refractivity contribution >= 4 is 33.3 Å². The van der Waals surface area contributed by atoms with E-state index in [-0.39, 0.29) is 23.2 Å². The van der Waals surface area contributed by atoms with Crippen molar-refractivity contribution < 1.29 is 13.9 Å². The van der Waals surface area contributed by atoms with Crippen LogP contribution in [0.2, 0.25) is 5.22 Å². The molecular weight excluding hydrogens is 319 g/mol. The van der Waals surface area contributed by atoms with Crippen molar-refractivity contribution in [2.24, 2.45) is 0 Å². The predicted molar refractivity (Wildman–Crippen MR) is 72.4 cm³/mol. The number of carbonyl (C=O) groups excluding carboxylic acids is 1. The van der Waals surface area contributed by atoms with Gasteiger partial charge in [-0.05, 0) is 57.4 Å². The van der Waals surface area contributed by atoms with Gasteiger partial charge in [0.05, 0.1) is 11.6 Å². The molecule has 0 saturated carbocycles. The first-order valence-electron chi connectivity index (χ1n) is 5.21. The molecule has 0 aliphatic rings. The van der Waals surface area contributed by atoms with E-state index in [0.717, 1.165) is 15.8 Å². The van der Waals surface area contributed by atoms with Crippen molar-refractivity contribution in [2.45, 2.75) is 6.42 Å². The summed E-state index contributed by atoms with van der Waals surface area (Å²) in [6.45, 7) is 0. The van der Waals surface area contributed by atoms with Crippen molar-refractivity contribution in [3.05, 3.63) is 51.3 Å². The third-order valence-corrected chi connectivity index (χ3v) is 3.25. The number of methoxy groups -OCH3 is 1. The molecule has 2 aromatic rings. The minimum atomic E-state index is -0.112. The first kappa shape index (κ1) is 13.2. The average molecular weight is 330 g/mol. The Morgan fingerprint density at radius 2 is 2.17 bits per heavy atom. The molecule has 0 amide bonds. The zero-order chi connectivity index (χ0) is 13.1. The summed E-state index contributed by atoms with van der Waals surface area (Å²) >= 11 is 9.01. The molecule has 2 rings (SSSR count). The average Bonchev–Trinajstić information content (AvgIpc) is 2.76. The number of Topliss-reactive ketones (excluding diaryl/α,β-unsaturated/α-hetero) is 1. The topological polar surface area (TPSA) is 39.4 Å². The summed E-state index contributed by atoms with van der Waals surface area (Å²) in [6, 6.07) is 8.62. The van der Waals surface area contributed by atoms with Gasteiger partial charge in [0.1, 0.15) is 5.75 Å². The first-order valence-corrected chi connectivity index (χ1v) is 6.38. The molecule has 0 fully saturated rings. The second kappa shape index (κ2) is 5.59. The minimum Gasteiger partial charge on any atom is -0.496 e. The number of halogens is 2. The monoisotopic (exact) mass is 328 g/mol. The van der Waals surface area contributed by atoms with Gasteiger partial charge in [-0.2, -0.15) is 0 Å². The number of carbonyl (C=O) groups is 1. The largest absolute Gasteiger partial charge is 0.496 e. The number of rotatable bonds is 4. The Bertz CT molecular complexity index is 577. The van der Waals surface area contributed by atoms with Gasteiger partial charge in [-0.25, -0.2) is 0 Å². The highest BCUT2D eigenvalue weighted by atomic mass is 79.9. The van der Waals surface area contributed by atoms with E-state index in [1.54, 1.807) is 19.2 Å². The lowest BCUT2D eigenvalue weighted by Gasteiger charge is -2.05. The van der Waals surface area contributed by atoms with E-state index in [4.69, 9.17) is 20.8 Å². The quantitative estimate of drug-likeness (QED) is 0.792. The normalized spacial score (nSPS) is 10.4. The molecule has 1 aromatic heterocycles. The van der Waals surface area contributed by atoms with Gasteiger partial charge in [0.15, 0.2) is 11.0 Å². The summed E-state index contributed by atoms with van der Waals surface area (Å²) in [7, 11) is 1.59. The molecule has 0 saturated heterocycles. The van der Waals surface area contributed by atoms with Crippen LogP contribution in [0.1, 0.15) is 16.1 Å². The SMILES string of the molecule is COc1ccc(CC(=O)c2ccc(Cl)o2)cc1Br. The Morgan fingerprint density at radius 1 is 1.39 bits per heavy atom. The fourth-order valence-electron chi connectivity index (χ4n) is 1.56. The van der Waals surface area contributed by atoms with Gasteiger partial charge in [-0.3, -0.25) is 4.79 Å². The van der Waals surface area contributed by atoms with Crippen LogP contribution in [0.15, 0.2) is 39.2 Å². The van der Waals surface area contributed by atoms with Gasteiger partial charge in [-0.15, -0.1) is 0 Å². The van der Waals surface area contributed by atoms with Gasteiger partial charge in [0.2, 0.25) is 5.78 Å². The molecule has 1 aromatic carbocycles. The molecule has 3 nitrogen and oxygen atoms in total. The zero-order valence-corrected chi connectivity index (χ0v) is 11.9. The number of ether oxygens (including phenoxy) is 1. The number of hydrogen-bond donors (Lipinski definition) is 0. The van der Waals surface area contributed by atoms with E-state index < -0.39 is 0 Å². The second-order valence-corrected chi connectivity index (χ2v) is 4.90. The molecule has 5 heteroatoms. The summed E-state index contributed by atoms with van der Waals surface area (Å²) in [5, 5.41) is 0.217. The van der Waals surface area contributed by atoms with Gasteiger partial charge in [0, 0.05) is 6.42 Å². The molecule has 0 atom stereocenters. The van der Waals surface area contributed by atoms with E-state index in [1.807, 2.05) is 18.2 Å². The smallest absolute Gasteiger partial charge is 0.202 e. The van der Waals surface area contributed by atoms with Crippen LogP contribution in [0.4, 0.5) is 0 Å². The van der Waals surface area contributed by atoms with Crippen LogP contribution >= 0.6 is 27.5 Å². The Kier molecular flexibility index (Phi) is 4.09. The minimum absolute atomic E-state index is 0.112. The molecule has 0 bridgehead atoms. The second-order valence-electron chi connectivity index (χ2n) is 3.67. The van der Waals surface area contributed by atoms with Crippen LogP contribution in [0.5, 0.6) is 5.75 Å². The fourth-order valence-corrected chi connectivity index (χ4v) is 2.29. The van der Waals surface area contributed by atoms with Crippen LogP contribution in [0.25, 0.3) is 0 Å². The van der Waals surface area contributed by atoms with Crippen molar-refractivity contribution in [3.63, 3.8) is 0 Å². The maximum absolute atomic E-state index is 11.9. The molecule has 18 heavy (non-hydrogen) atoms. The molecule has 0 unspecified atom stereocenters. The molecule has 1 heterocycles. The standard InChI is InChI=1S/C13H10BrClO3/c1-17-11-3-2-8(6-9(11)14)7-10(16)12-4-5-13(15)18-12/h2-6H,7H2,1H3. The van der Waals surface area contributed by atoms with Gasteiger partial charge >= 0.3 is 0 Å². The number of ketones is 1. The van der Waals surface area contributed by atoms with E-state index in [2.05, 4.69) is 15.9 Å². The lowest BCUT2D eigenvalue weighted by Crippen LogP contribution is -2.02. The number of furan rings is 1. The summed E-state index contributed by atoms with van der Waals surface area (Å²) in [5.41, 5.74) is 0.875. The lowest BCUT2D eigenvalue weighted by atomic mass is 10.1.